The predicted octanol–water partition coefficient (Wildman–Crippen LogP) is 3.97. The maximum Gasteiger partial charge on any atom is 0.223 e. The lowest BCUT2D eigenvalue weighted by molar-refractivity contribution is 0.199. The van der Waals surface area contributed by atoms with Gasteiger partial charge in [-0.25, -0.2) is 18.7 Å². The van der Waals surface area contributed by atoms with Gasteiger partial charge in [-0.2, -0.15) is 0 Å². The van der Waals surface area contributed by atoms with Gasteiger partial charge in [0.05, 0.1) is 17.2 Å². The van der Waals surface area contributed by atoms with E-state index in [1.807, 2.05) is 6.20 Å². The molecule has 2 fully saturated rings. The molecule has 4 rings (SSSR count). The minimum atomic E-state index is -1.36. The Balaban J connectivity index is 1.84. The molecule has 0 aliphatic heterocycles. The first-order valence-electron chi connectivity index (χ1n) is 6.94. The zero-order valence-corrected chi connectivity index (χ0v) is 11.5. The summed E-state index contributed by atoms with van der Waals surface area (Å²) < 4.78 is 29.1. The first-order valence-corrected chi connectivity index (χ1v) is 7.32. The second kappa shape index (κ2) is 4.38. The van der Waals surface area contributed by atoms with Crippen molar-refractivity contribution in [3.05, 3.63) is 23.2 Å². The van der Waals surface area contributed by atoms with Crippen molar-refractivity contribution in [1.29, 1.82) is 0 Å². The van der Waals surface area contributed by atoms with Gasteiger partial charge in [-0.05, 0) is 48.8 Å². The van der Waals surface area contributed by atoms with E-state index >= 15 is 0 Å². The molecule has 2 aromatic rings. The van der Waals surface area contributed by atoms with Gasteiger partial charge in [-0.1, -0.05) is 0 Å². The lowest BCUT2D eigenvalue weighted by atomic mass is 9.99. The minimum Gasteiger partial charge on any atom is -0.342 e. The van der Waals surface area contributed by atoms with Crippen LogP contribution in [0.25, 0.3) is 11.0 Å². The molecule has 20 heavy (non-hydrogen) atoms. The second-order valence-electron chi connectivity index (χ2n) is 5.80. The van der Waals surface area contributed by atoms with E-state index in [9.17, 15) is 8.78 Å². The van der Waals surface area contributed by atoms with E-state index in [4.69, 9.17) is 11.6 Å². The van der Waals surface area contributed by atoms with Crippen molar-refractivity contribution < 1.29 is 8.78 Å². The van der Waals surface area contributed by atoms with Crippen molar-refractivity contribution in [2.75, 3.05) is 0 Å². The molecule has 6 heteroatoms. The van der Waals surface area contributed by atoms with Crippen LogP contribution in [0, 0.1) is 0 Å². The zero-order valence-electron chi connectivity index (χ0n) is 10.8. The fraction of sp³-hybridized carbons (Fsp3) is 0.571. The number of fused-ring (bicyclic) bond motifs is 1. The van der Waals surface area contributed by atoms with Crippen molar-refractivity contribution in [3.8, 4) is 0 Å². The maximum atomic E-state index is 13.5. The second-order valence-corrected chi connectivity index (χ2v) is 6.13. The monoisotopic (exact) mass is 297 g/mol. The van der Waals surface area contributed by atoms with E-state index in [-0.39, 0.29) is 24.0 Å². The number of rotatable bonds is 2. The molecule has 2 aliphatic rings. The molecule has 0 spiro atoms. The molecule has 0 amide bonds. The highest BCUT2D eigenvalue weighted by molar-refractivity contribution is 6.28. The molecule has 2 saturated carbocycles. The van der Waals surface area contributed by atoms with Gasteiger partial charge in [0.1, 0.15) is 12.3 Å². The molecular weight excluding hydrogens is 284 g/mol. The van der Waals surface area contributed by atoms with Crippen LogP contribution < -0.4 is 0 Å². The van der Waals surface area contributed by atoms with Gasteiger partial charge in [0.25, 0.3) is 0 Å². The molecule has 3 nitrogen and oxygen atoms in total. The molecule has 0 radical (unpaired) electrons. The lowest BCUT2D eigenvalue weighted by Crippen LogP contribution is -2.06. The van der Waals surface area contributed by atoms with Gasteiger partial charge in [-0.15, -0.1) is 0 Å². The van der Waals surface area contributed by atoms with Crippen LogP contribution >= 0.6 is 11.6 Å². The van der Waals surface area contributed by atoms with E-state index in [0.29, 0.717) is 6.04 Å². The van der Waals surface area contributed by atoms with Crippen LogP contribution in [0.3, 0.4) is 0 Å². The van der Waals surface area contributed by atoms with Crippen molar-refractivity contribution in [1.82, 2.24) is 14.5 Å². The van der Waals surface area contributed by atoms with E-state index in [1.54, 1.807) is 6.20 Å². The van der Waals surface area contributed by atoms with Crippen molar-refractivity contribution in [2.45, 2.75) is 50.0 Å². The van der Waals surface area contributed by atoms with Crippen molar-refractivity contribution in [3.63, 3.8) is 0 Å². The molecule has 2 aliphatic carbocycles. The third-order valence-corrected chi connectivity index (χ3v) is 4.54. The quantitative estimate of drug-likeness (QED) is 0.785. The third-order valence-electron chi connectivity index (χ3n) is 4.36. The molecule has 2 aromatic heterocycles. The van der Waals surface area contributed by atoms with Crippen molar-refractivity contribution in [2.24, 2.45) is 0 Å². The number of aromatic nitrogens is 3. The number of halogens is 3. The van der Waals surface area contributed by atoms with Gasteiger partial charge in [0.15, 0.2) is 0 Å². The van der Waals surface area contributed by atoms with Crippen LogP contribution in [0.4, 0.5) is 8.78 Å². The third kappa shape index (κ3) is 1.91. The highest BCUT2D eigenvalue weighted by Crippen LogP contribution is 2.44. The Bertz CT molecular complexity index is 658. The summed E-state index contributed by atoms with van der Waals surface area (Å²) in [5, 5.41) is 0.180. The Morgan fingerprint density at radius 1 is 1.20 bits per heavy atom. The predicted molar refractivity (Wildman–Crippen MR) is 72.6 cm³/mol. The molecule has 0 bridgehead atoms. The molecule has 0 saturated heterocycles. The van der Waals surface area contributed by atoms with Crippen LogP contribution in [-0.4, -0.2) is 26.9 Å². The van der Waals surface area contributed by atoms with Crippen molar-refractivity contribution >= 4 is 22.6 Å². The van der Waals surface area contributed by atoms with Crippen LogP contribution in [0.5, 0.6) is 0 Å². The average molecular weight is 298 g/mol. The van der Waals surface area contributed by atoms with Gasteiger partial charge >= 0.3 is 0 Å². The number of alkyl halides is 2. The Kier molecular flexibility index (Phi) is 2.74. The van der Waals surface area contributed by atoms with Gasteiger partial charge in [0.2, 0.25) is 5.28 Å². The number of hydrogen-bond donors (Lipinski definition) is 0. The maximum absolute atomic E-state index is 13.5. The molecule has 3 atom stereocenters. The van der Waals surface area contributed by atoms with Gasteiger partial charge < -0.3 is 4.57 Å². The molecule has 106 valence electrons. The van der Waals surface area contributed by atoms with E-state index in [0.717, 1.165) is 29.4 Å². The first-order chi connectivity index (χ1) is 9.63. The highest BCUT2D eigenvalue weighted by Gasteiger charge is 2.38. The summed E-state index contributed by atoms with van der Waals surface area (Å²) in [7, 11) is 0. The smallest absolute Gasteiger partial charge is 0.223 e. The minimum absolute atomic E-state index is 0.117. The van der Waals surface area contributed by atoms with Gasteiger partial charge in [0, 0.05) is 12.2 Å². The lowest BCUT2D eigenvalue weighted by Gasteiger charge is -2.06. The Labute approximate surface area is 120 Å². The standard InChI is InChI=1S/C14H14ClF2N3/c15-14-18-5-12-13(19-14)9(6-20(12)8-1-2-8)7-3-10(16)11(17)4-7/h5-8,10-11H,1-4H2/t7?,10-,11+. The molecule has 2 heterocycles. The number of hydrogen-bond acceptors (Lipinski definition) is 2. The Hall–Kier alpha value is -1.23. The summed E-state index contributed by atoms with van der Waals surface area (Å²) in [4.78, 5) is 8.32. The summed E-state index contributed by atoms with van der Waals surface area (Å²) in [5.74, 6) is -0.117. The first kappa shape index (κ1) is 12.5. The SMILES string of the molecule is F[C@@H]1CC(c2cn(C3CC3)c3cnc(Cl)nc23)C[C@@H]1F. The normalized spacial score (nSPS) is 30.2. The zero-order chi connectivity index (χ0) is 13.9. The molecular formula is C14H14ClF2N3. The Morgan fingerprint density at radius 2 is 1.90 bits per heavy atom. The largest absolute Gasteiger partial charge is 0.342 e. The Morgan fingerprint density at radius 3 is 2.55 bits per heavy atom. The van der Waals surface area contributed by atoms with E-state index < -0.39 is 12.3 Å². The summed E-state index contributed by atoms with van der Waals surface area (Å²) >= 11 is 5.88. The van der Waals surface area contributed by atoms with Crippen LogP contribution in [0.2, 0.25) is 5.28 Å². The van der Waals surface area contributed by atoms with Crippen LogP contribution in [0.1, 0.15) is 43.2 Å². The highest BCUT2D eigenvalue weighted by atomic mass is 35.5. The molecule has 1 unspecified atom stereocenters. The molecule has 0 N–H and O–H groups in total. The fourth-order valence-electron chi connectivity index (χ4n) is 3.18. The summed E-state index contributed by atoms with van der Waals surface area (Å²) in [5.41, 5.74) is 2.59. The summed E-state index contributed by atoms with van der Waals surface area (Å²) in [6, 6.07) is 0.472. The van der Waals surface area contributed by atoms with Crippen LogP contribution in [-0.2, 0) is 0 Å². The fourth-order valence-corrected chi connectivity index (χ4v) is 3.31. The van der Waals surface area contributed by atoms with Crippen LogP contribution in [0.15, 0.2) is 12.4 Å². The summed E-state index contributed by atoms with van der Waals surface area (Å²) in [6.45, 7) is 0. The molecule has 0 aromatic carbocycles. The topological polar surface area (TPSA) is 30.7 Å². The van der Waals surface area contributed by atoms with E-state index in [2.05, 4.69) is 14.5 Å². The average Bonchev–Trinajstić information content (AvgIpc) is 3.11. The van der Waals surface area contributed by atoms with Gasteiger partial charge in [-0.3, -0.25) is 0 Å². The number of nitrogens with zero attached hydrogens (tertiary/aromatic N) is 3. The van der Waals surface area contributed by atoms with E-state index in [1.165, 1.54) is 0 Å². The summed E-state index contributed by atoms with van der Waals surface area (Å²) in [6.07, 6.45) is 3.71.